The Bertz CT molecular complexity index is 742. The number of nitrogens with zero attached hydrogens (tertiary/aromatic N) is 3. The van der Waals surface area contributed by atoms with Crippen LogP contribution in [0.25, 0.3) is 0 Å². The second-order valence-corrected chi connectivity index (χ2v) is 6.73. The maximum Gasteiger partial charge on any atom is 0.416 e. The Morgan fingerprint density at radius 1 is 1.23 bits per heavy atom. The molecule has 1 fully saturated rings. The predicted molar refractivity (Wildman–Crippen MR) is 95.8 cm³/mol. The first kappa shape index (κ1) is 20.9. The van der Waals surface area contributed by atoms with Gasteiger partial charge in [-0.25, -0.2) is 14.4 Å². The normalized spacial score (nSPS) is 17.3. The molecule has 142 valence electrons. The van der Waals surface area contributed by atoms with Gasteiger partial charge in [-0.15, -0.1) is 12.4 Å². The van der Waals surface area contributed by atoms with Crippen LogP contribution < -0.4 is 10.2 Å². The lowest BCUT2D eigenvalue weighted by Gasteiger charge is -2.18. The summed E-state index contributed by atoms with van der Waals surface area (Å²) in [5.74, 6) is -0.102. The van der Waals surface area contributed by atoms with E-state index >= 15 is 0 Å². The van der Waals surface area contributed by atoms with E-state index in [2.05, 4.69) is 31.2 Å². The fourth-order valence-electron chi connectivity index (χ4n) is 2.82. The van der Waals surface area contributed by atoms with Crippen LogP contribution in [0.3, 0.4) is 0 Å². The number of anilines is 1. The lowest BCUT2D eigenvalue weighted by atomic mass is 10.1. The molecule has 3 rings (SSSR count). The summed E-state index contributed by atoms with van der Waals surface area (Å²) in [7, 11) is 0. The molecule has 26 heavy (non-hydrogen) atoms. The lowest BCUT2D eigenvalue weighted by molar-refractivity contribution is -0.138. The number of benzene rings is 1. The molecule has 4 nitrogen and oxygen atoms in total. The van der Waals surface area contributed by atoms with Crippen molar-refractivity contribution in [3.8, 4) is 0 Å². The second-order valence-electron chi connectivity index (χ2n) is 5.81. The minimum Gasteiger partial charge on any atom is -0.339 e. The van der Waals surface area contributed by atoms with Crippen LogP contribution in [0, 0.1) is 5.82 Å². The van der Waals surface area contributed by atoms with Crippen molar-refractivity contribution < 1.29 is 17.6 Å². The first-order chi connectivity index (χ1) is 11.8. The molecule has 0 aliphatic carbocycles. The largest absolute Gasteiger partial charge is 0.416 e. The number of nitrogens with one attached hydrogen (secondary N) is 1. The molecule has 1 saturated heterocycles. The van der Waals surface area contributed by atoms with Gasteiger partial charge in [-0.2, -0.15) is 13.2 Å². The Balaban J connectivity index is 0.00000243. The summed E-state index contributed by atoms with van der Waals surface area (Å²) in [6, 6.07) is 2.52. The van der Waals surface area contributed by atoms with Gasteiger partial charge in [-0.05, 0) is 46.1 Å². The van der Waals surface area contributed by atoms with Crippen LogP contribution >= 0.6 is 28.3 Å². The highest BCUT2D eigenvalue weighted by Gasteiger charge is 2.33. The van der Waals surface area contributed by atoms with E-state index in [1.165, 1.54) is 0 Å². The van der Waals surface area contributed by atoms with Gasteiger partial charge < -0.3 is 10.2 Å². The van der Waals surface area contributed by atoms with Gasteiger partial charge in [0, 0.05) is 38.1 Å². The zero-order valence-electron chi connectivity index (χ0n) is 13.4. The van der Waals surface area contributed by atoms with Gasteiger partial charge in [0.15, 0.2) is 0 Å². The molecule has 0 unspecified atom stereocenters. The zero-order valence-corrected chi connectivity index (χ0v) is 15.8. The van der Waals surface area contributed by atoms with E-state index in [9.17, 15) is 17.6 Å². The van der Waals surface area contributed by atoms with Crippen molar-refractivity contribution in [2.75, 3.05) is 18.0 Å². The summed E-state index contributed by atoms with van der Waals surface area (Å²) in [5, 5.41) is 3.08. The summed E-state index contributed by atoms with van der Waals surface area (Å²) in [4.78, 5) is 10.4. The number of aromatic nitrogens is 2. The van der Waals surface area contributed by atoms with Crippen molar-refractivity contribution in [2.24, 2.45) is 0 Å². The molecule has 0 amide bonds. The first-order valence-electron chi connectivity index (χ1n) is 7.64. The minimum absolute atomic E-state index is 0. The number of rotatable bonds is 4. The lowest BCUT2D eigenvalue weighted by Crippen LogP contribution is -2.33. The molecule has 0 spiro atoms. The minimum atomic E-state index is -4.50. The van der Waals surface area contributed by atoms with Gasteiger partial charge in [-0.1, -0.05) is 0 Å². The summed E-state index contributed by atoms with van der Waals surface area (Å²) >= 11 is 3.27. The molecule has 0 bridgehead atoms. The van der Waals surface area contributed by atoms with Crippen molar-refractivity contribution in [1.82, 2.24) is 15.3 Å². The quantitative estimate of drug-likeness (QED) is 0.702. The van der Waals surface area contributed by atoms with Crippen molar-refractivity contribution >= 4 is 34.3 Å². The predicted octanol–water partition coefficient (Wildman–Crippen LogP) is 4.19. The maximum atomic E-state index is 13.3. The molecule has 2 aromatic rings. The highest BCUT2D eigenvalue weighted by atomic mass is 79.9. The van der Waals surface area contributed by atoms with Gasteiger partial charge in [0.05, 0.1) is 10.0 Å². The molecule has 2 heterocycles. The monoisotopic (exact) mass is 454 g/mol. The molecule has 10 heteroatoms. The number of hydrogen-bond acceptors (Lipinski definition) is 4. The van der Waals surface area contributed by atoms with Crippen LogP contribution in [-0.2, 0) is 12.7 Å². The van der Waals surface area contributed by atoms with Crippen molar-refractivity contribution in [2.45, 2.75) is 25.2 Å². The van der Waals surface area contributed by atoms with Crippen molar-refractivity contribution in [3.63, 3.8) is 0 Å². The fraction of sp³-hybridized carbons (Fsp3) is 0.375. The van der Waals surface area contributed by atoms with Gasteiger partial charge in [-0.3, -0.25) is 0 Å². The SMILES string of the molecule is Cl.Fc1ccc(C(F)(F)F)c(CN[C@H]2CCN(c3ncc(Br)cn3)C2)c1. The van der Waals surface area contributed by atoms with Crippen LogP contribution in [0.15, 0.2) is 35.1 Å². The molecule has 1 aromatic heterocycles. The summed E-state index contributed by atoms with van der Waals surface area (Å²) in [6.45, 7) is 1.24. The highest BCUT2D eigenvalue weighted by Crippen LogP contribution is 2.32. The zero-order chi connectivity index (χ0) is 18.0. The van der Waals surface area contributed by atoms with Crippen LogP contribution in [0.5, 0.6) is 0 Å². The Morgan fingerprint density at radius 3 is 2.58 bits per heavy atom. The Labute approximate surface area is 162 Å². The molecular formula is C16H16BrClF4N4. The highest BCUT2D eigenvalue weighted by molar-refractivity contribution is 9.10. The van der Waals surface area contributed by atoms with Gasteiger partial charge in [0.1, 0.15) is 5.82 Å². The topological polar surface area (TPSA) is 41.0 Å². The van der Waals surface area contributed by atoms with Gasteiger partial charge >= 0.3 is 6.18 Å². The van der Waals surface area contributed by atoms with Crippen LogP contribution in [0.1, 0.15) is 17.5 Å². The van der Waals surface area contributed by atoms with E-state index in [0.717, 1.165) is 29.1 Å². The Morgan fingerprint density at radius 2 is 1.92 bits per heavy atom. The fourth-order valence-corrected chi connectivity index (χ4v) is 3.02. The molecule has 1 aliphatic rings. The molecular weight excluding hydrogens is 440 g/mol. The summed E-state index contributed by atoms with van der Waals surface area (Å²) in [5.41, 5.74) is -0.904. The number of alkyl halides is 3. The average Bonchev–Trinajstić information content (AvgIpc) is 3.01. The Kier molecular flexibility index (Phi) is 6.81. The van der Waals surface area contributed by atoms with E-state index in [1.807, 2.05) is 4.90 Å². The summed E-state index contributed by atoms with van der Waals surface area (Å²) in [6.07, 6.45) is -0.468. The van der Waals surface area contributed by atoms with Crippen molar-refractivity contribution in [1.29, 1.82) is 0 Å². The second kappa shape index (κ2) is 8.49. The third-order valence-corrected chi connectivity index (χ3v) is 4.44. The standard InChI is InChI=1S/C16H15BrF4N4.ClH/c17-11-7-23-15(24-8-11)25-4-3-13(9-25)22-6-10-5-12(18)1-2-14(10)16(19,20)21;/h1-2,5,7-8,13,22H,3-4,6,9H2;1H/t13-;/m0./s1. The third-order valence-electron chi connectivity index (χ3n) is 4.03. The summed E-state index contributed by atoms with van der Waals surface area (Å²) < 4.78 is 53.2. The first-order valence-corrected chi connectivity index (χ1v) is 8.44. The molecule has 1 aromatic carbocycles. The van der Waals surface area contributed by atoms with E-state index in [-0.39, 0.29) is 30.6 Å². The molecule has 0 saturated carbocycles. The van der Waals surface area contributed by atoms with Crippen LogP contribution in [0.2, 0.25) is 0 Å². The molecule has 1 N–H and O–H groups in total. The van der Waals surface area contributed by atoms with E-state index in [0.29, 0.717) is 19.0 Å². The van der Waals surface area contributed by atoms with Crippen molar-refractivity contribution in [3.05, 3.63) is 52.0 Å². The molecule has 1 aliphatic heterocycles. The number of halogens is 6. The third kappa shape index (κ3) is 5.05. The van der Waals surface area contributed by atoms with Crippen LogP contribution in [-0.4, -0.2) is 29.1 Å². The Hall–Kier alpha value is -1.45. The molecule has 0 radical (unpaired) electrons. The van der Waals surface area contributed by atoms with Gasteiger partial charge in [0.25, 0.3) is 0 Å². The van der Waals surface area contributed by atoms with E-state index in [4.69, 9.17) is 0 Å². The molecule has 1 atom stereocenters. The van der Waals surface area contributed by atoms with Gasteiger partial charge in [0.2, 0.25) is 5.95 Å². The smallest absolute Gasteiger partial charge is 0.339 e. The average molecular weight is 456 g/mol. The van der Waals surface area contributed by atoms with Crippen LogP contribution in [0.4, 0.5) is 23.5 Å². The van der Waals surface area contributed by atoms with E-state index in [1.54, 1.807) is 12.4 Å². The van der Waals surface area contributed by atoms with E-state index < -0.39 is 17.6 Å². The number of hydrogen-bond donors (Lipinski definition) is 1. The maximum absolute atomic E-state index is 13.3.